The highest BCUT2D eigenvalue weighted by atomic mass is 16.2. The summed E-state index contributed by atoms with van der Waals surface area (Å²) in [6, 6.07) is 0.602. The summed E-state index contributed by atoms with van der Waals surface area (Å²) in [5.41, 5.74) is 0. The average Bonchev–Trinajstić information content (AvgIpc) is 2.25. The van der Waals surface area contributed by atoms with Crippen molar-refractivity contribution in [2.75, 3.05) is 7.05 Å². The van der Waals surface area contributed by atoms with Gasteiger partial charge >= 0.3 is 0 Å². The lowest BCUT2D eigenvalue weighted by Crippen LogP contribution is -2.58. The highest BCUT2D eigenvalue weighted by molar-refractivity contribution is 5.85. The monoisotopic (exact) mass is 153 g/mol. The normalized spacial score (nSPS) is 37.5. The Morgan fingerprint density at radius 3 is 2.82 bits per heavy atom. The molecule has 2 aliphatic rings. The van der Waals surface area contributed by atoms with E-state index in [4.69, 9.17) is 0 Å². The Balaban J connectivity index is 2.05. The van der Waals surface area contributed by atoms with E-state index in [1.165, 1.54) is 25.7 Å². The van der Waals surface area contributed by atoms with Crippen LogP contribution in [0.4, 0.5) is 0 Å². The molecular formula is C9H15NO. The Morgan fingerprint density at radius 2 is 2.00 bits per heavy atom. The minimum Gasteiger partial charge on any atom is -0.342 e. The van der Waals surface area contributed by atoms with E-state index in [1.54, 1.807) is 0 Å². The van der Waals surface area contributed by atoms with Gasteiger partial charge in [-0.2, -0.15) is 0 Å². The number of rotatable bonds is 0. The first-order valence-corrected chi connectivity index (χ1v) is 4.57. The summed E-state index contributed by atoms with van der Waals surface area (Å²) < 4.78 is 0. The number of hydrogen-bond donors (Lipinski definition) is 0. The molecule has 0 N–H and O–H groups in total. The van der Waals surface area contributed by atoms with Crippen molar-refractivity contribution in [1.29, 1.82) is 0 Å². The summed E-state index contributed by atoms with van der Waals surface area (Å²) in [6.45, 7) is 0. The number of likely N-dealkylation sites (tertiary alicyclic amines) is 1. The summed E-state index contributed by atoms with van der Waals surface area (Å²) >= 11 is 0. The van der Waals surface area contributed by atoms with Gasteiger partial charge in [-0.15, -0.1) is 0 Å². The van der Waals surface area contributed by atoms with E-state index >= 15 is 0 Å². The highest BCUT2D eigenvalue weighted by Gasteiger charge is 2.44. The maximum atomic E-state index is 11.3. The minimum atomic E-state index is 0.386. The van der Waals surface area contributed by atoms with Gasteiger partial charge in [-0.05, 0) is 12.8 Å². The molecule has 2 atom stereocenters. The van der Waals surface area contributed by atoms with Crippen LogP contribution in [0.3, 0.4) is 0 Å². The van der Waals surface area contributed by atoms with E-state index in [1.807, 2.05) is 11.9 Å². The summed E-state index contributed by atoms with van der Waals surface area (Å²) in [7, 11) is 1.94. The third-order valence-electron chi connectivity index (χ3n) is 3.14. The summed E-state index contributed by atoms with van der Waals surface area (Å²) in [5, 5.41) is 0. The van der Waals surface area contributed by atoms with Crippen molar-refractivity contribution in [1.82, 2.24) is 4.90 Å². The zero-order chi connectivity index (χ0) is 7.84. The molecule has 0 aromatic carbocycles. The van der Waals surface area contributed by atoms with Crippen molar-refractivity contribution in [2.45, 2.75) is 38.1 Å². The summed E-state index contributed by atoms with van der Waals surface area (Å²) in [5.74, 6) is 0.791. The lowest BCUT2D eigenvalue weighted by molar-refractivity contribution is -0.153. The zero-order valence-corrected chi connectivity index (χ0v) is 7.05. The lowest BCUT2D eigenvalue weighted by atomic mass is 9.84. The van der Waals surface area contributed by atoms with E-state index in [0.717, 1.165) is 6.42 Å². The molecule has 62 valence electrons. The molecule has 0 radical (unpaired) electrons. The molecule has 2 rings (SSSR count). The molecule has 0 bridgehead atoms. The molecule has 1 aliphatic carbocycles. The van der Waals surface area contributed by atoms with Gasteiger partial charge in [0.1, 0.15) is 0 Å². The van der Waals surface area contributed by atoms with Gasteiger partial charge in [0.2, 0.25) is 5.91 Å². The van der Waals surface area contributed by atoms with Crippen molar-refractivity contribution in [3.8, 4) is 0 Å². The van der Waals surface area contributed by atoms with Crippen LogP contribution < -0.4 is 0 Å². The Hall–Kier alpha value is -0.530. The average molecular weight is 153 g/mol. The van der Waals surface area contributed by atoms with Crippen LogP contribution in [0.25, 0.3) is 0 Å². The van der Waals surface area contributed by atoms with Crippen molar-refractivity contribution in [3.63, 3.8) is 0 Å². The molecule has 0 aromatic heterocycles. The Bertz CT molecular complexity index is 178. The van der Waals surface area contributed by atoms with Crippen LogP contribution in [0.15, 0.2) is 0 Å². The number of carbonyl (C=O) groups excluding carboxylic acids is 1. The fourth-order valence-electron chi connectivity index (χ4n) is 2.38. The molecule has 1 heterocycles. The van der Waals surface area contributed by atoms with Gasteiger partial charge in [-0.25, -0.2) is 0 Å². The van der Waals surface area contributed by atoms with Crippen LogP contribution >= 0.6 is 0 Å². The molecule has 2 unspecified atom stereocenters. The smallest absolute Gasteiger partial charge is 0.227 e. The van der Waals surface area contributed by atoms with E-state index in [2.05, 4.69) is 0 Å². The number of hydrogen-bond acceptors (Lipinski definition) is 1. The number of carbonyl (C=O) groups is 1. The van der Waals surface area contributed by atoms with Crippen molar-refractivity contribution in [2.24, 2.45) is 5.92 Å². The van der Waals surface area contributed by atoms with Crippen LogP contribution in [-0.4, -0.2) is 23.9 Å². The van der Waals surface area contributed by atoms with Crippen molar-refractivity contribution in [3.05, 3.63) is 0 Å². The molecule has 2 fully saturated rings. The molecule has 1 amide bonds. The van der Waals surface area contributed by atoms with Crippen LogP contribution in [-0.2, 0) is 4.79 Å². The van der Waals surface area contributed by atoms with E-state index in [9.17, 15) is 4.79 Å². The van der Waals surface area contributed by atoms with Crippen LogP contribution in [0.2, 0.25) is 0 Å². The zero-order valence-electron chi connectivity index (χ0n) is 7.05. The van der Waals surface area contributed by atoms with Gasteiger partial charge in [0.25, 0.3) is 0 Å². The molecular weight excluding hydrogens is 138 g/mol. The maximum Gasteiger partial charge on any atom is 0.227 e. The summed E-state index contributed by atoms with van der Waals surface area (Å²) in [4.78, 5) is 13.2. The SMILES string of the molecule is CN1C(=O)C2CCCCCC21. The Labute approximate surface area is 67.6 Å². The Kier molecular flexibility index (Phi) is 1.63. The van der Waals surface area contributed by atoms with Gasteiger partial charge in [-0.3, -0.25) is 4.79 Å². The number of fused-ring (bicyclic) bond motifs is 1. The largest absolute Gasteiger partial charge is 0.342 e. The van der Waals surface area contributed by atoms with Crippen molar-refractivity contribution < 1.29 is 4.79 Å². The van der Waals surface area contributed by atoms with Crippen LogP contribution in [0.1, 0.15) is 32.1 Å². The Morgan fingerprint density at radius 1 is 1.27 bits per heavy atom. The van der Waals surface area contributed by atoms with Gasteiger partial charge in [0.15, 0.2) is 0 Å². The highest BCUT2D eigenvalue weighted by Crippen LogP contribution is 2.35. The van der Waals surface area contributed by atoms with E-state index in [-0.39, 0.29) is 0 Å². The second-order valence-electron chi connectivity index (χ2n) is 3.76. The third-order valence-corrected chi connectivity index (χ3v) is 3.14. The van der Waals surface area contributed by atoms with Crippen LogP contribution in [0, 0.1) is 5.92 Å². The van der Waals surface area contributed by atoms with Crippen molar-refractivity contribution >= 4 is 5.91 Å². The van der Waals surface area contributed by atoms with Gasteiger partial charge in [0, 0.05) is 13.1 Å². The molecule has 1 aliphatic heterocycles. The van der Waals surface area contributed by atoms with Crippen LogP contribution in [0.5, 0.6) is 0 Å². The molecule has 0 spiro atoms. The third kappa shape index (κ3) is 0.959. The second-order valence-corrected chi connectivity index (χ2v) is 3.76. The van der Waals surface area contributed by atoms with E-state index < -0.39 is 0 Å². The molecule has 2 heteroatoms. The molecule has 0 aromatic rings. The molecule has 1 saturated carbocycles. The first-order chi connectivity index (χ1) is 5.30. The molecule has 2 nitrogen and oxygen atoms in total. The lowest BCUT2D eigenvalue weighted by Gasteiger charge is -2.44. The van der Waals surface area contributed by atoms with Gasteiger partial charge < -0.3 is 4.90 Å². The van der Waals surface area contributed by atoms with E-state index in [0.29, 0.717) is 17.9 Å². The first-order valence-electron chi connectivity index (χ1n) is 4.57. The predicted octanol–water partition coefficient (Wildman–Crippen LogP) is 1.41. The number of β-lactam (4-membered cyclic amide) rings is 1. The molecule has 1 saturated heterocycles. The topological polar surface area (TPSA) is 20.3 Å². The predicted molar refractivity (Wildman–Crippen MR) is 43.1 cm³/mol. The number of amides is 1. The minimum absolute atomic E-state index is 0.386. The quantitative estimate of drug-likeness (QED) is 0.482. The first kappa shape index (κ1) is 7.14. The standard InChI is InChI=1S/C9H15NO/c1-10-8-6-4-2-3-5-7(8)9(10)11/h7-8H,2-6H2,1H3. The fraction of sp³-hybridized carbons (Fsp3) is 0.889. The summed E-state index contributed by atoms with van der Waals surface area (Å²) in [6.07, 6.45) is 6.30. The molecule has 11 heavy (non-hydrogen) atoms. The fourth-order valence-corrected chi connectivity index (χ4v) is 2.38. The van der Waals surface area contributed by atoms with Gasteiger partial charge in [0.05, 0.1) is 5.92 Å². The second kappa shape index (κ2) is 2.50. The maximum absolute atomic E-state index is 11.3. The number of nitrogens with zero attached hydrogens (tertiary/aromatic N) is 1. The van der Waals surface area contributed by atoms with Gasteiger partial charge in [-0.1, -0.05) is 19.3 Å².